The maximum atomic E-state index is 13.9. The van der Waals surface area contributed by atoms with Crippen LogP contribution in [0.15, 0.2) is 67.1 Å². The van der Waals surface area contributed by atoms with E-state index < -0.39 is 5.82 Å². The molecule has 0 bridgehead atoms. The lowest BCUT2D eigenvalue weighted by Gasteiger charge is -2.10. The molecular formula is C18H11ClFN3O. The van der Waals surface area contributed by atoms with Gasteiger partial charge >= 0.3 is 0 Å². The molecule has 0 unspecified atom stereocenters. The van der Waals surface area contributed by atoms with Crippen LogP contribution in [0.1, 0.15) is 0 Å². The van der Waals surface area contributed by atoms with Crippen LogP contribution in [0.4, 0.5) is 4.39 Å². The van der Waals surface area contributed by atoms with Gasteiger partial charge in [0, 0.05) is 24.0 Å². The van der Waals surface area contributed by atoms with Gasteiger partial charge in [-0.25, -0.2) is 13.9 Å². The summed E-state index contributed by atoms with van der Waals surface area (Å²) in [6.45, 7) is 0. The Bertz CT molecular complexity index is 1030. The van der Waals surface area contributed by atoms with Crippen LogP contribution >= 0.6 is 11.6 Å². The van der Waals surface area contributed by atoms with E-state index in [1.165, 1.54) is 6.07 Å². The van der Waals surface area contributed by atoms with Gasteiger partial charge in [0.25, 0.3) is 0 Å². The van der Waals surface area contributed by atoms with Crippen LogP contribution in [0.3, 0.4) is 0 Å². The van der Waals surface area contributed by atoms with Gasteiger partial charge in [0.2, 0.25) is 0 Å². The van der Waals surface area contributed by atoms with Crippen molar-refractivity contribution in [2.24, 2.45) is 0 Å². The maximum absolute atomic E-state index is 13.9. The topological polar surface area (TPSA) is 39.4 Å². The fourth-order valence-electron chi connectivity index (χ4n) is 2.55. The Morgan fingerprint density at radius 1 is 1.00 bits per heavy atom. The summed E-state index contributed by atoms with van der Waals surface area (Å²) in [5.41, 5.74) is 2.48. The molecule has 0 atom stereocenters. The maximum Gasteiger partial charge on any atom is 0.165 e. The van der Waals surface area contributed by atoms with Gasteiger partial charge in [-0.15, -0.1) is 0 Å². The van der Waals surface area contributed by atoms with Gasteiger partial charge in [-0.05, 0) is 35.9 Å². The molecule has 118 valence electrons. The molecular weight excluding hydrogens is 329 g/mol. The van der Waals surface area contributed by atoms with Gasteiger partial charge in [0.15, 0.2) is 17.3 Å². The average Bonchev–Trinajstić information content (AvgIpc) is 3.02. The minimum atomic E-state index is -0.424. The molecule has 0 amide bonds. The van der Waals surface area contributed by atoms with Gasteiger partial charge in [-0.2, -0.15) is 5.10 Å². The van der Waals surface area contributed by atoms with E-state index in [0.717, 1.165) is 16.6 Å². The third-order valence-electron chi connectivity index (χ3n) is 3.61. The highest BCUT2D eigenvalue weighted by Crippen LogP contribution is 2.35. The quantitative estimate of drug-likeness (QED) is 0.494. The van der Waals surface area contributed by atoms with Crippen molar-refractivity contribution in [1.82, 2.24) is 14.6 Å². The zero-order valence-corrected chi connectivity index (χ0v) is 13.1. The highest BCUT2D eigenvalue weighted by molar-refractivity contribution is 6.29. The molecule has 0 aliphatic rings. The molecule has 0 aliphatic carbocycles. The first-order chi connectivity index (χ1) is 11.7. The lowest BCUT2D eigenvalue weighted by Crippen LogP contribution is -1.95. The summed E-state index contributed by atoms with van der Waals surface area (Å²) in [4.78, 5) is 3.99. The molecule has 1 aromatic carbocycles. The number of para-hydroxylation sites is 1. The molecule has 6 heteroatoms. The van der Waals surface area contributed by atoms with Crippen molar-refractivity contribution in [3.8, 4) is 22.6 Å². The fraction of sp³-hybridized carbons (Fsp3) is 0. The predicted molar refractivity (Wildman–Crippen MR) is 89.9 cm³/mol. The van der Waals surface area contributed by atoms with Gasteiger partial charge in [-0.1, -0.05) is 23.7 Å². The van der Waals surface area contributed by atoms with Crippen LogP contribution in [0, 0.1) is 5.82 Å². The van der Waals surface area contributed by atoms with Crippen LogP contribution in [-0.4, -0.2) is 14.6 Å². The average molecular weight is 340 g/mol. The number of halogens is 2. The van der Waals surface area contributed by atoms with E-state index in [9.17, 15) is 4.39 Å². The van der Waals surface area contributed by atoms with Crippen molar-refractivity contribution in [1.29, 1.82) is 0 Å². The molecule has 0 fully saturated rings. The smallest absolute Gasteiger partial charge is 0.165 e. The van der Waals surface area contributed by atoms with Gasteiger partial charge < -0.3 is 4.74 Å². The first-order valence-corrected chi connectivity index (χ1v) is 7.61. The lowest BCUT2D eigenvalue weighted by atomic mass is 10.1. The van der Waals surface area contributed by atoms with Gasteiger partial charge in [0.1, 0.15) is 10.7 Å². The minimum Gasteiger partial charge on any atom is -0.452 e. The lowest BCUT2D eigenvalue weighted by molar-refractivity contribution is 0.444. The molecule has 3 aromatic heterocycles. The number of rotatable bonds is 3. The van der Waals surface area contributed by atoms with E-state index in [1.807, 2.05) is 18.3 Å². The van der Waals surface area contributed by atoms with E-state index >= 15 is 0 Å². The number of pyridine rings is 1. The second-order valence-corrected chi connectivity index (χ2v) is 5.51. The molecule has 0 aliphatic heterocycles. The second-order valence-electron chi connectivity index (χ2n) is 5.12. The highest BCUT2D eigenvalue weighted by atomic mass is 35.5. The first-order valence-electron chi connectivity index (χ1n) is 7.23. The highest BCUT2D eigenvalue weighted by Gasteiger charge is 2.14. The Kier molecular flexibility index (Phi) is 3.63. The van der Waals surface area contributed by atoms with E-state index in [1.54, 1.807) is 47.2 Å². The molecule has 4 aromatic rings. The third-order valence-corrected chi connectivity index (χ3v) is 3.82. The van der Waals surface area contributed by atoms with E-state index in [4.69, 9.17) is 16.3 Å². The molecule has 3 heterocycles. The zero-order chi connectivity index (χ0) is 16.5. The van der Waals surface area contributed by atoms with Crippen LogP contribution in [0.5, 0.6) is 11.5 Å². The van der Waals surface area contributed by atoms with Crippen molar-refractivity contribution in [2.75, 3.05) is 0 Å². The van der Waals surface area contributed by atoms with E-state index in [0.29, 0.717) is 10.9 Å². The number of hydrogen-bond acceptors (Lipinski definition) is 3. The molecule has 0 saturated carbocycles. The molecule has 0 spiro atoms. The summed E-state index contributed by atoms with van der Waals surface area (Å²) in [6.07, 6.45) is 5.05. The van der Waals surface area contributed by atoms with Crippen LogP contribution in [0.25, 0.3) is 16.6 Å². The van der Waals surface area contributed by atoms with Crippen molar-refractivity contribution >= 4 is 17.1 Å². The van der Waals surface area contributed by atoms with Crippen molar-refractivity contribution in [2.45, 2.75) is 0 Å². The van der Waals surface area contributed by atoms with E-state index in [2.05, 4.69) is 10.1 Å². The first kappa shape index (κ1) is 14.7. The van der Waals surface area contributed by atoms with Gasteiger partial charge in [-0.3, -0.25) is 0 Å². The molecule has 24 heavy (non-hydrogen) atoms. The largest absolute Gasteiger partial charge is 0.452 e. The van der Waals surface area contributed by atoms with Crippen molar-refractivity contribution in [3.63, 3.8) is 0 Å². The Morgan fingerprint density at radius 2 is 1.88 bits per heavy atom. The van der Waals surface area contributed by atoms with E-state index in [-0.39, 0.29) is 5.75 Å². The number of hydrogen-bond donors (Lipinski definition) is 0. The number of ether oxygens (including phenoxy) is 1. The second kappa shape index (κ2) is 5.94. The minimum absolute atomic E-state index is 0.158. The zero-order valence-electron chi connectivity index (χ0n) is 12.4. The number of fused-ring (bicyclic) bond motifs is 1. The predicted octanol–water partition coefficient (Wildman–Crippen LogP) is 4.98. The standard InChI is InChI=1S/C18H11ClFN3O/c19-17-11-12(5-8-21-17)13-7-10-23-18(13)16(6-9-22-23)24-15-4-2-1-3-14(15)20/h1-11H. The summed E-state index contributed by atoms with van der Waals surface area (Å²) >= 11 is 5.99. The molecule has 4 nitrogen and oxygen atoms in total. The third kappa shape index (κ3) is 2.59. The van der Waals surface area contributed by atoms with Crippen LogP contribution < -0.4 is 4.74 Å². The summed E-state index contributed by atoms with van der Waals surface area (Å²) in [5.74, 6) is 0.237. The van der Waals surface area contributed by atoms with Crippen molar-refractivity contribution < 1.29 is 9.13 Å². The van der Waals surface area contributed by atoms with Crippen LogP contribution in [-0.2, 0) is 0 Å². The van der Waals surface area contributed by atoms with Gasteiger partial charge in [0.05, 0.1) is 6.20 Å². The molecule has 0 saturated heterocycles. The summed E-state index contributed by atoms with van der Waals surface area (Å²) in [6, 6.07) is 13.5. The monoisotopic (exact) mass is 339 g/mol. The molecule has 4 rings (SSSR count). The SMILES string of the molecule is Fc1ccccc1Oc1ccnn2ccc(-c3ccnc(Cl)c3)c12. The Hall–Kier alpha value is -2.92. The molecule has 0 N–H and O–H groups in total. The summed E-state index contributed by atoms with van der Waals surface area (Å²) in [5, 5.41) is 4.66. The summed E-state index contributed by atoms with van der Waals surface area (Å²) in [7, 11) is 0. The van der Waals surface area contributed by atoms with Crippen molar-refractivity contribution in [3.05, 3.63) is 78.1 Å². The Morgan fingerprint density at radius 3 is 2.71 bits per heavy atom. The number of benzene rings is 1. The van der Waals surface area contributed by atoms with Crippen LogP contribution in [0.2, 0.25) is 5.15 Å². The normalized spacial score (nSPS) is 10.9. The Labute approximate surface area is 142 Å². The summed E-state index contributed by atoms with van der Waals surface area (Å²) < 4.78 is 21.4. The fourth-order valence-corrected chi connectivity index (χ4v) is 2.72. The Balaban J connectivity index is 1.88. The number of aromatic nitrogens is 3. The molecule has 0 radical (unpaired) electrons. The number of nitrogens with zero attached hydrogens (tertiary/aromatic N) is 3.